The van der Waals surface area contributed by atoms with Crippen molar-refractivity contribution < 1.29 is 9.53 Å². The minimum Gasteiger partial charge on any atom is -0.484 e. The van der Waals surface area contributed by atoms with E-state index in [-0.39, 0.29) is 12.5 Å². The molecule has 0 saturated heterocycles. The molecule has 7 heteroatoms. The lowest BCUT2D eigenvalue weighted by atomic mass is 10.2. The van der Waals surface area contributed by atoms with Gasteiger partial charge in [-0.05, 0) is 26.0 Å². The van der Waals surface area contributed by atoms with Gasteiger partial charge in [-0.2, -0.15) is 4.98 Å². The van der Waals surface area contributed by atoms with Crippen LogP contribution in [0.5, 0.6) is 5.75 Å². The lowest BCUT2D eigenvalue weighted by Gasteiger charge is -2.14. The molecule has 0 spiro atoms. The first-order chi connectivity index (χ1) is 11.9. The van der Waals surface area contributed by atoms with Gasteiger partial charge in [0.05, 0.1) is 0 Å². The van der Waals surface area contributed by atoms with Crippen LogP contribution in [0.15, 0.2) is 30.3 Å². The third kappa shape index (κ3) is 6.29. The Hall–Kier alpha value is -2.83. The van der Waals surface area contributed by atoms with Crippen LogP contribution in [0.25, 0.3) is 0 Å². The van der Waals surface area contributed by atoms with Crippen molar-refractivity contribution in [1.82, 2.24) is 15.3 Å². The molecule has 0 bridgehead atoms. The summed E-state index contributed by atoms with van der Waals surface area (Å²) in [6.07, 6.45) is 0. The van der Waals surface area contributed by atoms with E-state index < -0.39 is 0 Å². The smallest absolute Gasteiger partial charge is 0.258 e. The predicted molar refractivity (Wildman–Crippen MR) is 99.3 cm³/mol. The van der Waals surface area contributed by atoms with E-state index in [1.807, 2.05) is 63.2 Å². The molecule has 134 valence electrons. The Morgan fingerprint density at radius 2 is 1.84 bits per heavy atom. The van der Waals surface area contributed by atoms with E-state index in [1.165, 1.54) is 0 Å². The van der Waals surface area contributed by atoms with Crippen molar-refractivity contribution in [2.75, 3.05) is 44.0 Å². The lowest BCUT2D eigenvalue weighted by Crippen LogP contribution is -2.33. The summed E-state index contributed by atoms with van der Waals surface area (Å²) >= 11 is 0. The van der Waals surface area contributed by atoms with Crippen molar-refractivity contribution in [3.05, 3.63) is 41.6 Å². The highest BCUT2D eigenvalue weighted by molar-refractivity contribution is 5.77. The highest BCUT2D eigenvalue weighted by Gasteiger charge is 2.05. The van der Waals surface area contributed by atoms with E-state index in [2.05, 4.69) is 20.6 Å². The first kappa shape index (κ1) is 18.5. The Kier molecular flexibility index (Phi) is 6.56. The third-order valence-electron chi connectivity index (χ3n) is 3.42. The minimum absolute atomic E-state index is 0.00517. The molecule has 2 aromatic rings. The fourth-order valence-corrected chi connectivity index (χ4v) is 2.07. The number of aromatic nitrogens is 2. The van der Waals surface area contributed by atoms with Gasteiger partial charge < -0.3 is 20.3 Å². The lowest BCUT2D eigenvalue weighted by molar-refractivity contribution is -0.123. The van der Waals surface area contributed by atoms with Gasteiger partial charge in [0.25, 0.3) is 5.91 Å². The van der Waals surface area contributed by atoms with Crippen molar-refractivity contribution in [2.45, 2.75) is 13.8 Å². The van der Waals surface area contributed by atoms with Gasteiger partial charge in [0.1, 0.15) is 11.6 Å². The molecule has 25 heavy (non-hydrogen) atoms. The van der Waals surface area contributed by atoms with E-state index in [1.54, 1.807) is 0 Å². The highest BCUT2D eigenvalue weighted by Crippen LogP contribution is 2.12. The summed E-state index contributed by atoms with van der Waals surface area (Å²) < 4.78 is 5.43. The summed E-state index contributed by atoms with van der Waals surface area (Å²) in [4.78, 5) is 22.4. The van der Waals surface area contributed by atoms with Crippen LogP contribution in [-0.4, -0.2) is 49.7 Å². The average Bonchev–Trinajstić information content (AvgIpc) is 2.57. The molecular formula is C18H25N5O2. The molecule has 0 atom stereocenters. The molecule has 0 aliphatic heterocycles. The van der Waals surface area contributed by atoms with Crippen molar-refractivity contribution in [3.8, 4) is 5.75 Å². The van der Waals surface area contributed by atoms with Crippen LogP contribution in [0.3, 0.4) is 0 Å². The summed E-state index contributed by atoms with van der Waals surface area (Å²) in [6.45, 7) is 4.92. The predicted octanol–water partition coefficient (Wildman–Crippen LogP) is 1.77. The van der Waals surface area contributed by atoms with Crippen LogP contribution < -0.4 is 20.3 Å². The number of amides is 1. The van der Waals surface area contributed by atoms with Gasteiger partial charge in [-0.3, -0.25) is 4.79 Å². The Morgan fingerprint density at radius 1 is 1.12 bits per heavy atom. The van der Waals surface area contributed by atoms with Gasteiger partial charge in [-0.15, -0.1) is 0 Å². The fraction of sp³-hybridized carbons (Fsp3) is 0.389. The molecule has 1 amide bonds. The van der Waals surface area contributed by atoms with Crippen LogP contribution in [0.2, 0.25) is 0 Å². The molecule has 7 nitrogen and oxygen atoms in total. The van der Waals surface area contributed by atoms with Crippen LogP contribution in [0.1, 0.15) is 11.3 Å². The van der Waals surface area contributed by atoms with Gasteiger partial charge in [-0.1, -0.05) is 17.7 Å². The molecule has 1 aromatic heterocycles. The number of ether oxygens (including phenoxy) is 1. The Balaban J connectivity index is 1.70. The number of hydrogen-bond donors (Lipinski definition) is 2. The summed E-state index contributed by atoms with van der Waals surface area (Å²) in [6, 6.07) is 9.50. The first-order valence-corrected chi connectivity index (χ1v) is 8.17. The number of benzene rings is 1. The standard InChI is InChI=1S/C18H25N5O2/c1-13-5-7-15(8-6-13)25-12-17(24)19-9-10-20-18-21-14(2)11-16(22-18)23(3)4/h5-8,11H,9-10,12H2,1-4H3,(H,19,24)(H,20,21,22). The zero-order chi connectivity index (χ0) is 18.2. The maximum absolute atomic E-state index is 11.8. The first-order valence-electron chi connectivity index (χ1n) is 8.17. The van der Waals surface area contributed by atoms with Crippen LogP contribution in [0, 0.1) is 13.8 Å². The van der Waals surface area contributed by atoms with E-state index >= 15 is 0 Å². The molecular weight excluding hydrogens is 318 g/mol. The maximum atomic E-state index is 11.8. The number of rotatable bonds is 8. The number of anilines is 2. The summed E-state index contributed by atoms with van der Waals surface area (Å²) in [7, 11) is 3.86. The Labute approximate surface area is 148 Å². The Morgan fingerprint density at radius 3 is 2.52 bits per heavy atom. The second-order valence-electron chi connectivity index (χ2n) is 5.96. The number of carbonyl (C=O) groups is 1. The number of hydrogen-bond acceptors (Lipinski definition) is 6. The molecule has 1 aromatic carbocycles. The molecule has 0 radical (unpaired) electrons. The molecule has 2 N–H and O–H groups in total. The zero-order valence-corrected chi connectivity index (χ0v) is 15.2. The van der Waals surface area contributed by atoms with Crippen LogP contribution >= 0.6 is 0 Å². The molecule has 0 saturated carbocycles. The van der Waals surface area contributed by atoms with Gasteiger partial charge in [-0.25, -0.2) is 4.98 Å². The Bertz CT molecular complexity index is 701. The largest absolute Gasteiger partial charge is 0.484 e. The summed E-state index contributed by atoms with van der Waals surface area (Å²) in [5.74, 6) is 1.91. The van der Waals surface area contributed by atoms with Gasteiger partial charge in [0.2, 0.25) is 5.95 Å². The average molecular weight is 343 g/mol. The minimum atomic E-state index is -0.165. The molecule has 2 rings (SSSR count). The van der Waals surface area contributed by atoms with E-state index in [4.69, 9.17) is 4.74 Å². The molecule has 0 fully saturated rings. The van der Waals surface area contributed by atoms with Crippen LogP contribution in [0.4, 0.5) is 11.8 Å². The number of aryl methyl sites for hydroxylation is 2. The normalized spacial score (nSPS) is 10.2. The second kappa shape index (κ2) is 8.86. The molecule has 0 aliphatic rings. The number of nitrogens with zero attached hydrogens (tertiary/aromatic N) is 3. The highest BCUT2D eigenvalue weighted by atomic mass is 16.5. The van der Waals surface area contributed by atoms with E-state index in [0.717, 1.165) is 17.1 Å². The number of carbonyl (C=O) groups excluding carboxylic acids is 1. The maximum Gasteiger partial charge on any atom is 0.258 e. The van der Waals surface area contributed by atoms with Crippen LogP contribution in [-0.2, 0) is 4.79 Å². The van der Waals surface area contributed by atoms with E-state index in [9.17, 15) is 4.79 Å². The molecule has 0 unspecified atom stereocenters. The fourth-order valence-electron chi connectivity index (χ4n) is 2.07. The summed E-state index contributed by atoms with van der Waals surface area (Å²) in [5.41, 5.74) is 2.04. The topological polar surface area (TPSA) is 79.4 Å². The zero-order valence-electron chi connectivity index (χ0n) is 15.2. The van der Waals surface area contributed by atoms with Crippen molar-refractivity contribution >= 4 is 17.7 Å². The van der Waals surface area contributed by atoms with Gasteiger partial charge in [0.15, 0.2) is 6.61 Å². The molecule has 1 heterocycles. The second-order valence-corrected chi connectivity index (χ2v) is 5.96. The van der Waals surface area contributed by atoms with E-state index in [0.29, 0.717) is 24.8 Å². The van der Waals surface area contributed by atoms with Crippen molar-refractivity contribution in [2.24, 2.45) is 0 Å². The molecule has 0 aliphatic carbocycles. The number of nitrogens with one attached hydrogen (secondary N) is 2. The summed E-state index contributed by atoms with van der Waals surface area (Å²) in [5, 5.41) is 5.91. The van der Waals surface area contributed by atoms with Gasteiger partial charge in [0, 0.05) is 38.9 Å². The van der Waals surface area contributed by atoms with Gasteiger partial charge >= 0.3 is 0 Å². The van der Waals surface area contributed by atoms with Crippen molar-refractivity contribution in [3.63, 3.8) is 0 Å². The quantitative estimate of drug-likeness (QED) is 0.711. The monoisotopic (exact) mass is 343 g/mol. The van der Waals surface area contributed by atoms with Crippen molar-refractivity contribution in [1.29, 1.82) is 0 Å². The third-order valence-corrected chi connectivity index (χ3v) is 3.42. The SMILES string of the molecule is Cc1ccc(OCC(=O)NCCNc2nc(C)cc(N(C)C)n2)cc1.